The molecule has 0 amide bonds. The molecule has 7 aromatic heterocycles. The quantitative estimate of drug-likeness (QED) is 0.131. The number of imidazole rings is 1. The number of hydrogen-bond donors (Lipinski definition) is 2. The van der Waals surface area contributed by atoms with Crippen LogP contribution in [0.25, 0.3) is 87.8 Å². The first kappa shape index (κ1) is 34.5. The minimum atomic E-state index is -0.0299. The fourth-order valence-electron chi connectivity index (χ4n) is 6.72. The summed E-state index contributed by atoms with van der Waals surface area (Å²) < 4.78 is 0. The van der Waals surface area contributed by atoms with Crippen LogP contribution in [0.1, 0.15) is 5.56 Å². The van der Waals surface area contributed by atoms with Crippen LogP contribution in [-0.4, -0.2) is 45.0 Å². The number of aromatic nitrogens is 8. The van der Waals surface area contributed by atoms with Crippen LogP contribution in [0.2, 0.25) is 0 Å². The molecule has 0 spiro atoms. The molecule has 7 heterocycles. The van der Waals surface area contributed by atoms with Gasteiger partial charge in [-0.2, -0.15) is 0 Å². The van der Waals surface area contributed by atoms with Gasteiger partial charge in [0.1, 0.15) is 5.82 Å². The van der Waals surface area contributed by atoms with E-state index in [0.717, 1.165) is 93.4 Å². The van der Waals surface area contributed by atoms with Gasteiger partial charge in [0.25, 0.3) is 0 Å². The number of fused-ring (bicyclic) bond motifs is 12. The van der Waals surface area contributed by atoms with Gasteiger partial charge in [-0.15, -0.1) is 0 Å². The van der Waals surface area contributed by atoms with Crippen molar-refractivity contribution in [3.8, 4) is 11.4 Å². The molecular formula is C44H30N8ORu. The zero-order chi connectivity index (χ0) is 35.6. The molecule has 0 bridgehead atoms. The number of H-pyrrole nitrogens is 1. The second kappa shape index (κ2) is 15.2. The molecule has 10 heteroatoms. The molecule has 0 saturated heterocycles. The van der Waals surface area contributed by atoms with E-state index < -0.39 is 0 Å². The smallest absolute Gasteiger partial charge is 0.138 e. The average Bonchev–Trinajstić information content (AvgIpc) is 3.70. The van der Waals surface area contributed by atoms with Gasteiger partial charge in [0, 0.05) is 94.5 Å². The van der Waals surface area contributed by atoms with Crippen molar-refractivity contribution in [1.29, 1.82) is 0 Å². The van der Waals surface area contributed by atoms with E-state index in [4.69, 9.17) is 4.98 Å². The third-order valence-electron chi connectivity index (χ3n) is 9.20. The van der Waals surface area contributed by atoms with Crippen LogP contribution >= 0.6 is 0 Å². The first-order chi connectivity index (χ1) is 26.3. The van der Waals surface area contributed by atoms with Crippen LogP contribution in [0.4, 0.5) is 0 Å². The monoisotopic (exact) mass is 788 g/mol. The predicted octanol–water partition coefficient (Wildman–Crippen LogP) is 9.38. The molecule has 0 atom stereocenters. The minimum Gasteiger partial charge on any atom is -0.392 e. The van der Waals surface area contributed by atoms with Gasteiger partial charge in [-0.25, -0.2) is 4.98 Å². The molecule has 11 rings (SSSR count). The van der Waals surface area contributed by atoms with Crippen molar-refractivity contribution >= 4 is 76.5 Å². The van der Waals surface area contributed by atoms with Gasteiger partial charge in [-0.05, 0) is 54.1 Å². The summed E-state index contributed by atoms with van der Waals surface area (Å²) in [6.07, 6.45) is 10.8. The fourth-order valence-corrected chi connectivity index (χ4v) is 6.72. The zero-order valence-corrected chi connectivity index (χ0v) is 30.4. The molecule has 0 unspecified atom stereocenters. The second-order valence-corrected chi connectivity index (χ2v) is 12.4. The SMILES string of the molecule is OCc1ccccc1-c1nc2c3cccnc3c3ncccc3c2[nH]1.[Ru].c1cnc2c(c1)ccc1cccnc12.c1cnc2c(c1)ccc1cccnc12. The van der Waals surface area contributed by atoms with Crippen LogP contribution in [-0.2, 0) is 26.1 Å². The van der Waals surface area contributed by atoms with Crippen LogP contribution in [0, 0.1) is 0 Å². The summed E-state index contributed by atoms with van der Waals surface area (Å²) in [4.78, 5) is 34.7. The number of aromatic amines is 1. The second-order valence-electron chi connectivity index (χ2n) is 12.4. The van der Waals surface area contributed by atoms with E-state index in [2.05, 4.69) is 83.4 Å². The summed E-state index contributed by atoms with van der Waals surface area (Å²) >= 11 is 0. The Morgan fingerprint density at radius 1 is 0.407 bits per heavy atom. The molecule has 260 valence electrons. The molecule has 0 aliphatic heterocycles. The maximum absolute atomic E-state index is 9.64. The molecule has 0 saturated carbocycles. The Kier molecular flexibility index (Phi) is 9.68. The molecule has 0 aliphatic rings. The molecule has 11 aromatic rings. The summed E-state index contributed by atoms with van der Waals surface area (Å²) in [5.74, 6) is 0.737. The van der Waals surface area contributed by atoms with Gasteiger partial charge in [-0.1, -0.05) is 72.8 Å². The Hall–Kier alpha value is -6.61. The van der Waals surface area contributed by atoms with E-state index in [-0.39, 0.29) is 26.1 Å². The first-order valence-electron chi connectivity index (χ1n) is 17.1. The van der Waals surface area contributed by atoms with Gasteiger partial charge >= 0.3 is 0 Å². The standard InChI is InChI=1S/C20H14N4O.2C12H8N2.Ru/c25-11-12-5-1-2-6-13(12)20-23-18-14-7-3-9-21-16(14)17-15(19(18)24-20)8-4-10-22-17;2*1-3-9-5-6-10-4-2-8-14-12(10)11(9)13-7-1;/h1-10,25H,11H2,(H,23,24);2*1-8H;. The summed E-state index contributed by atoms with van der Waals surface area (Å²) in [5, 5.41) is 16.1. The topological polar surface area (TPSA) is 126 Å². The fraction of sp³-hybridized carbons (Fsp3) is 0.0227. The molecular weight excluding hydrogens is 758 g/mol. The van der Waals surface area contributed by atoms with E-state index in [1.54, 1.807) is 37.2 Å². The number of pyridine rings is 6. The Morgan fingerprint density at radius 2 is 0.815 bits per heavy atom. The largest absolute Gasteiger partial charge is 0.392 e. The van der Waals surface area contributed by atoms with E-state index >= 15 is 0 Å². The van der Waals surface area contributed by atoms with Gasteiger partial charge in [0.15, 0.2) is 0 Å². The van der Waals surface area contributed by atoms with Crippen molar-refractivity contribution in [3.63, 3.8) is 0 Å². The molecule has 0 radical (unpaired) electrons. The molecule has 2 N–H and O–H groups in total. The molecule has 54 heavy (non-hydrogen) atoms. The number of nitrogens with zero attached hydrogens (tertiary/aromatic N) is 7. The molecule has 0 fully saturated rings. The van der Waals surface area contributed by atoms with Crippen LogP contribution in [0.5, 0.6) is 0 Å². The third-order valence-corrected chi connectivity index (χ3v) is 9.20. The predicted molar refractivity (Wildman–Crippen MR) is 212 cm³/mol. The number of rotatable bonds is 2. The molecule has 9 nitrogen and oxygen atoms in total. The third kappa shape index (κ3) is 6.38. The van der Waals surface area contributed by atoms with Crippen molar-refractivity contribution in [2.45, 2.75) is 6.61 Å². The van der Waals surface area contributed by atoms with Gasteiger partial charge in [0.2, 0.25) is 0 Å². The summed E-state index contributed by atoms with van der Waals surface area (Å²) in [7, 11) is 0. The van der Waals surface area contributed by atoms with Crippen molar-refractivity contribution in [3.05, 3.63) is 164 Å². The van der Waals surface area contributed by atoms with E-state index in [1.165, 1.54) is 0 Å². The summed E-state index contributed by atoms with van der Waals surface area (Å²) in [6, 6.07) is 39.9. The number of benzene rings is 4. The van der Waals surface area contributed by atoms with E-state index in [9.17, 15) is 5.11 Å². The maximum atomic E-state index is 9.64. The van der Waals surface area contributed by atoms with Crippen molar-refractivity contribution in [1.82, 2.24) is 39.9 Å². The van der Waals surface area contributed by atoms with Crippen molar-refractivity contribution in [2.24, 2.45) is 0 Å². The molecule has 4 aromatic carbocycles. The van der Waals surface area contributed by atoms with Crippen LogP contribution < -0.4 is 0 Å². The van der Waals surface area contributed by atoms with Crippen LogP contribution in [0.3, 0.4) is 0 Å². The first-order valence-corrected chi connectivity index (χ1v) is 17.1. The van der Waals surface area contributed by atoms with Crippen molar-refractivity contribution in [2.75, 3.05) is 0 Å². The number of aliphatic hydroxyl groups excluding tert-OH is 1. The number of hydrogen-bond acceptors (Lipinski definition) is 8. The summed E-state index contributed by atoms with van der Waals surface area (Å²) in [6.45, 7) is -0.0299. The number of nitrogens with one attached hydrogen (secondary N) is 1. The number of aliphatic hydroxyl groups is 1. The Labute approximate surface area is 321 Å². The Bertz CT molecular complexity index is 2800. The maximum Gasteiger partial charge on any atom is 0.138 e. The molecule has 0 aliphatic carbocycles. The van der Waals surface area contributed by atoms with Crippen LogP contribution in [0.15, 0.2) is 159 Å². The average molecular weight is 788 g/mol. The summed E-state index contributed by atoms with van der Waals surface area (Å²) in [5.41, 5.74) is 9.15. The van der Waals surface area contributed by atoms with E-state index in [1.807, 2.05) is 72.8 Å². The Morgan fingerprint density at radius 3 is 1.30 bits per heavy atom. The van der Waals surface area contributed by atoms with Crippen molar-refractivity contribution < 1.29 is 24.6 Å². The van der Waals surface area contributed by atoms with Gasteiger partial charge < -0.3 is 10.1 Å². The Balaban J connectivity index is 0.000000122. The normalized spacial score (nSPS) is 11.0. The van der Waals surface area contributed by atoms with Gasteiger partial charge in [-0.3, -0.25) is 29.9 Å². The van der Waals surface area contributed by atoms with Gasteiger partial charge in [0.05, 0.1) is 50.7 Å². The zero-order valence-electron chi connectivity index (χ0n) is 28.6. The minimum absolute atomic E-state index is 0. The van der Waals surface area contributed by atoms with E-state index in [0.29, 0.717) is 0 Å².